The van der Waals surface area contributed by atoms with Gasteiger partial charge >= 0.3 is 12.6 Å². The van der Waals surface area contributed by atoms with Gasteiger partial charge in [-0.2, -0.15) is 8.78 Å². The summed E-state index contributed by atoms with van der Waals surface area (Å²) in [5.41, 5.74) is 0.325. The highest BCUT2D eigenvalue weighted by Crippen LogP contribution is 2.21. The van der Waals surface area contributed by atoms with E-state index in [0.29, 0.717) is 5.56 Å². The topological polar surface area (TPSA) is 77.8 Å². The number of benzene rings is 1. The Morgan fingerprint density at radius 2 is 1.96 bits per heavy atom. The van der Waals surface area contributed by atoms with E-state index in [1.165, 1.54) is 30.5 Å². The van der Waals surface area contributed by atoms with E-state index >= 15 is 0 Å². The molecule has 0 saturated carbocycles. The van der Waals surface area contributed by atoms with Gasteiger partial charge in [0.15, 0.2) is 5.76 Å². The third-order valence-electron chi connectivity index (χ3n) is 2.94. The largest absolute Gasteiger partial charge is 0.461 e. The second-order valence-corrected chi connectivity index (χ2v) is 4.63. The van der Waals surface area contributed by atoms with Gasteiger partial charge in [-0.3, -0.25) is 9.59 Å². The van der Waals surface area contributed by atoms with Crippen LogP contribution < -0.4 is 10.1 Å². The lowest BCUT2D eigenvalue weighted by Gasteiger charge is -2.11. The van der Waals surface area contributed by atoms with Crippen molar-refractivity contribution in [3.63, 3.8) is 0 Å². The van der Waals surface area contributed by atoms with Crippen molar-refractivity contribution < 1.29 is 32.3 Å². The van der Waals surface area contributed by atoms with Crippen LogP contribution in [0.3, 0.4) is 0 Å². The third kappa shape index (κ3) is 5.38. The van der Waals surface area contributed by atoms with E-state index < -0.39 is 18.5 Å². The predicted octanol–water partition coefficient (Wildman–Crippen LogP) is 2.74. The zero-order valence-electron chi connectivity index (χ0n) is 12.5. The van der Waals surface area contributed by atoms with Crippen molar-refractivity contribution in [3.05, 3.63) is 54.0 Å². The highest BCUT2D eigenvalue weighted by Gasteiger charge is 2.12. The molecule has 2 rings (SSSR count). The first-order valence-corrected chi connectivity index (χ1v) is 7.06. The fourth-order valence-electron chi connectivity index (χ4n) is 1.84. The summed E-state index contributed by atoms with van der Waals surface area (Å²) in [6.45, 7) is -3.10. The molecule has 0 spiro atoms. The standard InChI is InChI=1S/C16H15F2NO5/c17-16(18)24-12-5-2-1-4-11(12)10-23-14(20)7-8-19-15(21)13-6-3-9-22-13/h1-6,9,16H,7-8,10H2,(H,19,21). The fourth-order valence-corrected chi connectivity index (χ4v) is 1.84. The van der Waals surface area contributed by atoms with Gasteiger partial charge in [0.05, 0.1) is 12.7 Å². The van der Waals surface area contributed by atoms with Gasteiger partial charge in [0.25, 0.3) is 5.91 Å². The summed E-state index contributed by atoms with van der Waals surface area (Å²) >= 11 is 0. The molecule has 0 bridgehead atoms. The van der Waals surface area contributed by atoms with Crippen LogP contribution in [0.2, 0.25) is 0 Å². The Bertz CT molecular complexity index is 673. The molecule has 128 valence electrons. The number of nitrogens with one attached hydrogen (secondary N) is 1. The van der Waals surface area contributed by atoms with Crippen LogP contribution in [0.4, 0.5) is 8.78 Å². The van der Waals surface area contributed by atoms with Crippen LogP contribution in [0.25, 0.3) is 0 Å². The summed E-state index contributed by atoms with van der Waals surface area (Å²) in [7, 11) is 0. The lowest BCUT2D eigenvalue weighted by Crippen LogP contribution is -2.26. The molecule has 0 saturated heterocycles. The van der Waals surface area contributed by atoms with Crippen LogP contribution in [0.5, 0.6) is 5.75 Å². The summed E-state index contributed by atoms with van der Waals surface area (Å²) in [5, 5.41) is 2.49. The number of carbonyl (C=O) groups is 2. The van der Waals surface area contributed by atoms with E-state index in [4.69, 9.17) is 9.15 Å². The fraction of sp³-hybridized carbons (Fsp3) is 0.250. The number of furan rings is 1. The van der Waals surface area contributed by atoms with Gasteiger partial charge < -0.3 is 19.2 Å². The summed E-state index contributed by atoms with van der Waals surface area (Å²) in [5.74, 6) is -0.932. The average Bonchev–Trinajstić information content (AvgIpc) is 3.08. The molecule has 0 aliphatic rings. The number of alkyl halides is 2. The van der Waals surface area contributed by atoms with Crippen molar-refractivity contribution in [2.24, 2.45) is 0 Å². The second kappa shape index (κ2) is 8.66. The minimum Gasteiger partial charge on any atom is -0.461 e. The molecule has 1 aromatic carbocycles. The quantitative estimate of drug-likeness (QED) is 0.748. The first-order chi connectivity index (χ1) is 11.6. The van der Waals surface area contributed by atoms with Crippen molar-refractivity contribution in [2.45, 2.75) is 19.6 Å². The Morgan fingerprint density at radius 1 is 1.17 bits per heavy atom. The van der Waals surface area contributed by atoms with E-state index in [-0.39, 0.29) is 31.1 Å². The number of amides is 1. The van der Waals surface area contributed by atoms with E-state index in [9.17, 15) is 18.4 Å². The maximum absolute atomic E-state index is 12.3. The molecule has 6 nitrogen and oxygen atoms in total. The van der Waals surface area contributed by atoms with E-state index in [0.717, 1.165) is 0 Å². The number of carbonyl (C=O) groups excluding carboxylic acids is 2. The van der Waals surface area contributed by atoms with Crippen LogP contribution in [-0.2, 0) is 16.1 Å². The lowest BCUT2D eigenvalue weighted by atomic mass is 10.2. The van der Waals surface area contributed by atoms with Crippen LogP contribution in [0.1, 0.15) is 22.5 Å². The zero-order valence-corrected chi connectivity index (χ0v) is 12.5. The Morgan fingerprint density at radius 3 is 2.67 bits per heavy atom. The highest BCUT2D eigenvalue weighted by atomic mass is 19.3. The van der Waals surface area contributed by atoms with Gasteiger partial charge in [-0.25, -0.2) is 0 Å². The Kier molecular flexibility index (Phi) is 6.30. The first-order valence-electron chi connectivity index (χ1n) is 7.06. The monoisotopic (exact) mass is 339 g/mol. The van der Waals surface area contributed by atoms with Crippen LogP contribution in [0.15, 0.2) is 47.1 Å². The van der Waals surface area contributed by atoms with Gasteiger partial charge in [-0.05, 0) is 18.2 Å². The molecule has 0 radical (unpaired) electrons. The molecule has 0 fully saturated rings. The number of para-hydroxylation sites is 1. The Balaban J connectivity index is 1.74. The molecule has 0 atom stereocenters. The molecule has 8 heteroatoms. The second-order valence-electron chi connectivity index (χ2n) is 4.63. The summed E-state index contributed by atoms with van der Waals surface area (Å²) in [6.07, 6.45) is 1.30. The van der Waals surface area contributed by atoms with Crippen molar-refractivity contribution in [3.8, 4) is 5.75 Å². The van der Waals surface area contributed by atoms with Gasteiger partial charge in [0, 0.05) is 12.1 Å². The number of hydrogen-bond donors (Lipinski definition) is 1. The number of halogens is 2. The zero-order chi connectivity index (χ0) is 17.4. The minimum atomic E-state index is -2.96. The van der Waals surface area contributed by atoms with Crippen molar-refractivity contribution in [1.82, 2.24) is 5.32 Å². The van der Waals surface area contributed by atoms with Crippen molar-refractivity contribution in [1.29, 1.82) is 0 Å². The molecule has 24 heavy (non-hydrogen) atoms. The van der Waals surface area contributed by atoms with Crippen LogP contribution >= 0.6 is 0 Å². The predicted molar refractivity (Wildman–Crippen MR) is 78.5 cm³/mol. The van der Waals surface area contributed by atoms with Crippen molar-refractivity contribution >= 4 is 11.9 Å². The molecule has 1 aromatic heterocycles. The number of ether oxygens (including phenoxy) is 2. The van der Waals surface area contributed by atoms with E-state index in [2.05, 4.69) is 10.1 Å². The van der Waals surface area contributed by atoms with Crippen molar-refractivity contribution in [2.75, 3.05) is 6.54 Å². The number of esters is 1. The number of hydrogen-bond acceptors (Lipinski definition) is 5. The van der Waals surface area contributed by atoms with Gasteiger partial charge in [0.1, 0.15) is 12.4 Å². The van der Waals surface area contributed by atoms with E-state index in [1.54, 1.807) is 12.1 Å². The maximum atomic E-state index is 12.3. The summed E-state index contributed by atoms with van der Waals surface area (Å²) in [4.78, 5) is 23.2. The highest BCUT2D eigenvalue weighted by molar-refractivity contribution is 5.91. The van der Waals surface area contributed by atoms with Gasteiger partial charge in [-0.1, -0.05) is 18.2 Å². The Labute approximate surface area is 136 Å². The SMILES string of the molecule is O=C(CCNC(=O)c1ccco1)OCc1ccccc1OC(F)F. The first kappa shape index (κ1) is 17.5. The van der Waals surface area contributed by atoms with Gasteiger partial charge in [-0.15, -0.1) is 0 Å². The lowest BCUT2D eigenvalue weighted by molar-refractivity contribution is -0.144. The molecular weight excluding hydrogens is 324 g/mol. The van der Waals surface area contributed by atoms with E-state index in [1.807, 2.05) is 0 Å². The molecule has 0 aliphatic carbocycles. The molecular formula is C16H15F2NO5. The third-order valence-corrected chi connectivity index (χ3v) is 2.94. The van der Waals surface area contributed by atoms with Crippen LogP contribution in [0, 0.1) is 0 Å². The average molecular weight is 339 g/mol. The normalized spacial score (nSPS) is 10.5. The summed E-state index contributed by atoms with van der Waals surface area (Å²) in [6, 6.07) is 9.09. The van der Waals surface area contributed by atoms with Crippen LogP contribution in [-0.4, -0.2) is 25.0 Å². The molecule has 1 heterocycles. The number of rotatable bonds is 8. The summed E-state index contributed by atoms with van der Waals surface area (Å²) < 4.78 is 38.8. The molecule has 1 N–H and O–H groups in total. The molecule has 0 aliphatic heterocycles. The molecule has 1 amide bonds. The molecule has 2 aromatic rings. The minimum absolute atomic E-state index is 0.0496. The smallest absolute Gasteiger partial charge is 0.387 e. The Hall–Kier alpha value is -2.90. The molecule has 0 unspecified atom stereocenters. The maximum Gasteiger partial charge on any atom is 0.387 e. The van der Waals surface area contributed by atoms with Gasteiger partial charge in [0.2, 0.25) is 0 Å².